The van der Waals surface area contributed by atoms with Crippen LogP contribution in [0.2, 0.25) is 0 Å². The highest BCUT2D eigenvalue weighted by Crippen LogP contribution is 2.21. The molecule has 0 spiro atoms. The number of thiazole rings is 1. The van der Waals surface area contributed by atoms with Gasteiger partial charge in [0, 0.05) is 11.9 Å². The van der Waals surface area contributed by atoms with Crippen LogP contribution in [-0.4, -0.2) is 25.9 Å². The van der Waals surface area contributed by atoms with Gasteiger partial charge in [0.15, 0.2) is 5.13 Å². The van der Waals surface area contributed by atoms with Gasteiger partial charge in [0.1, 0.15) is 0 Å². The first-order chi connectivity index (χ1) is 13.4. The standard InChI is InChI=1S/C20H25N3O3S2/c1-15-7-9-18(10-8-15)28(25,26)23-20-22-17(14-27-20)13-19(24)21-12-11-16-5-3-2-4-6-16/h5,7-10,14H,2-4,6,11-13H2,1H3,(H,21,24)(H,22,23). The topological polar surface area (TPSA) is 88.2 Å². The van der Waals surface area contributed by atoms with Crippen LogP contribution in [-0.2, 0) is 21.2 Å². The lowest BCUT2D eigenvalue weighted by molar-refractivity contribution is -0.120. The molecule has 1 heterocycles. The van der Waals surface area contributed by atoms with Crippen LogP contribution in [0.5, 0.6) is 0 Å². The second-order valence-corrected chi connectivity index (χ2v) is 9.49. The molecule has 150 valence electrons. The van der Waals surface area contributed by atoms with E-state index in [4.69, 9.17) is 0 Å². The van der Waals surface area contributed by atoms with Crippen LogP contribution >= 0.6 is 11.3 Å². The lowest BCUT2D eigenvalue weighted by Gasteiger charge is -2.12. The maximum absolute atomic E-state index is 12.4. The molecule has 6 nitrogen and oxygen atoms in total. The summed E-state index contributed by atoms with van der Waals surface area (Å²) in [7, 11) is -3.68. The molecule has 0 saturated heterocycles. The molecule has 1 aromatic heterocycles. The summed E-state index contributed by atoms with van der Waals surface area (Å²) >= 11 is 1.17. The normalized spacial score (nSPS) is 14.4. The fourth-order valence-corrected chi connectivity index (χ4v) is 5.01. The van der Waals surface area contributed by atoms with E-state index in [0.29, 0.717) is 12.2 Å². The van der Waals surface area contributed by atoms with E-state index >= 15 is 0 Å². The second-order valence-electron chi connectivity index (χ2n) is 6.95. The maximum atomic E-state index is 12.4. The number of sulfonamides is 1. The van der Waals surface area contributed by atoms with E-state index in [2.05, 4.69) is 21.1 Å². The van der Waals surface area contributed by atoms with E-state index in [-0.39, 0.29) is 22.4 Å². The summed E-state index contributed by atoms with van der Waals surface area (Å²) in [6, 6.07) is 6.61. The van der Waals surface area contributed by atoms with E-state index in [1.165, 1.54) is 29.8 Å². The van der Waals surface area contributed by atoms with Gasteiger partial charge in [0.05, 0.1) is 17.0 Å². The molecule has 1 amide bonds. The number of aryl methyl sites for hydroxylation is 1. The van der Waals surface area contributed by atoms with Crippen LogP contribution in [0.3, 0.4) is 0 Å². The number of hydrogen-bond acceptors (Lipinski definition) is 5. The fraction of sp³-hybridized carbons (Fsp3) is 0.400. The third kappa shape index (κ3) is 5.90. The molecule has 0 radical (unpaired) electrons. The van der Waals surface area contributed by atoms with Crippen molar-refractivity contribution >= 4 is 32.4 Å². The fourth-order valence-electron chi connectivity index (χ4n) is 3.05. The van der Waals surface area contributed by atoms with Crippen LogP contribution in [0.4, 0.5) is 5.13 Å². The Morgan fingerprint density at radius 2 is 2.00 bits per heavy atom. The number of carbonyl (C=O) groups is 1. The van der Waals surface area contributed by atoms with Crippen LogP contribution in [0, 0.1) is 6.92 Å². The van der Waals surface area contributed by atoms with Crippen molar-refractivity contribution in [3.8, 4) is 0 Å². The number of rotatable bonds is 8. The Labute approximate surface area is 170 Å². The molecule has 3 rings (SSSR count). The molecule has 28 heavy (non-hydrogen) atoms. The molecular formula is C20H25N3O3S2. The first-order valence-electron chi connectivity index (χ1n) is 9.41. The number of nitrogens with zero attached hydrogens (tertiary/aromatic N) is 1. The molecule has 0 atom stereocenters. The molecule has 1 aliphatic carbocycles. The molecule has 2 N–H and O–H groups in total. The minimum atomic E-state index is -3.68. The number of amides is 1. The Balaban J connectivity index is 1.50. The highest BCUT2D eigenvalue weighted by Gasteiger charge is 2.16. The summed E-state index contributed by atoms with van der Waals surface area (Å²) in [6.07, 6.45) is 8.08. The van der Waals surface area contributed by atoms with Gasteiger partial charge in [-0.3, -0.25) is 9.52 Å². The van der Waals surface area contributed by atoms with Gasteiger partial charge < -0.3 is 5.32 Å². The smallest absolute Gasteiger partial charge is 0.263 e. The zero-order valence-corrected chi connectivity index (χ0v) is 17.5. The van der Waals surface area contributed by atoms with Gasteiger partial charge in [-0.25, -0.2) is 13.4 Å². The monoisotopic (exact) mass is 419 g/mol. The van der Waals surface area contributed by atoms with Crippen LogP contribution in [0.25, 0.3) is 0 Å². The number of carbonyl (C=O) groups excluding carboxylic acids is 1. The summed E-state index contributed by atoms with van der Waals surface area (Å²) in [5.41, 5.74) is 2.97. The number of nitrogens with one attached hydrogen (secondary N) is 2. The van der Waals surface area contributed by atoms with Crippen molar-refractivity contribution in [2.24, 2.45) is 0 Å². The molecule has 0 bridgehead atoms. The number of allylic oxidation sites excluding steroid dienone is 1. The number of aromatic nitrogens is 1. The van der Waals surface area contributed by atoms with Crippen molar-refractivity contribution < 1.29 is 13.2 Å². The third-order valence-corrected chi connectivity index (χ3v) is 6.89. The van der Waals surface area contributed by atoms with Crippen molar-refractivity contribution in [3.05, 3.63) is 52.6 Å². The summed E-state index contributed by atoms with van der Waals surface area (Å²) in [5.74, 6) is -0.102. The van der Waals surface area contributed by atoms with E-state index in [0.717, 1.165) is 24.8 Å². The lowest BCUT2D eigenvalue weighted by Crippen LogP contribution is -2.26. The van der Waals surface area contributed by atoms with Gasteiger partial charge in [-0.1, -0.05) is 29.3 Å². The summed E-state index contributed by atoms with van der Waals surface area (Å²) < 4.78 is 27.3. The van der Waals surface area contributed by atoms with Crippen molar-refractivity contribution in [1.82, 2.24) is 10.3 Å². The first-order valence-corrected chi connectivity index (χ1v) is 11.8. The van der Waals surface area contributed by atoms with Gasteiger partial charge >= 0.3 is 0 Å². The SMILES string of the molecule is Cc1ccc(S(=O)(=O)Nc2nc(CC(=O)NCCC3=CCCCC3)cs2)cc1. The zero-order chi connectivity index (χ0) is 20.0. The van der Waals surface area contributed by atoms with Crippen molar-refractivity contribution in [3.63, 3.8) is 0 Å². The Bertz CT molecular complexity index is 947. The Morgan fingerprint density at radius 1 is 1.21 bits per heavy atom. The van der Waals surface area contributed by atoms with E-state index < -0.39 is 10.0 Å². The molecule has 0 aliphatic heterocycles. The number of benzene rings is 1. The van der Waals surface area contributed by atoms with Crippen LogP contribution < -0.4 is 10.0 Å². The van der Waals surface area contributed by atoms with Gasteiger partial charge in [-0.15, -0.1) is 11.3 Å². The average Bonchev–Trinajstić information content (AvgIpc) is 3.09. The van der Waals surface area contributed by atoms with Gasteiger partial charge in [0.25, 0.3) is 10.0 Å². The summed E-state index contributed by atoms with van der Waals surface area (Å²) in [5, 5.41) is 4.88. The number of anilines is 1. The average molecular weight is 420 g/mol. The Hall–Kier alpha value is -2.19. The molecule has 1 aromatic carbocycles. The lowest BCUT2D eigenvalue weighted by atomic mass is 9.97. The molecule has 1 aliphatic rings. The molecular weight excluding hydrogens is 394 g/mol. The van der Waals surface area contributed by atoms with Crippen LogP contribution in [0.15, 0.2) is 46.2 Å². The quantitative estimate of drug-likeness (QED) is 0.637. The summed E-state index contributed by atoms with van der Waals surface area (Å²) in [4.78, 5) is 16.5. The predicted octanol–water partition coefficient (Wildman–Crippen LogP) is 3.80. The third-order valence-electron chi connectivity index (χ3n) is 4.60. The van der Waals surface area contributed by atoms with Crippen molar-refractivity contribution in [2.45, 2.75) is 50.3 Å². The Kier molecular flexibility index (Phi) is 6.85. The maximum Gasteiger partial charge on any atom is 0.263 e. The minimum Gasteiger partial charge on any atom is -0.355 e. The molecule has 2 aromatic rings. The van der Waals surface area contributed by atoms with Gasteiger partial charge in [0.2, 0.25) is 5.91 Å². The summed E-state index contributed by atoms with van der Waals surface area (Å²) in [6.45, 7) is 2.52. The highest BCUT2D eigenvalue weighted by molar-refractivity contribution is 7.93. The van der Waals surface area contributed by atoms with Crippen LogP contribution in [0.1, 0.15) is 43.4 Å². The molecule has 0 saturated carbocycles. The molecule has 0 fully saturated rings. The zero-order valence-electron chi connectivity index (χ0n) is 15.9. The minimum absolute atomic E-state index is 0.102. The highest BCUT2D eigenvalue weighted by atomic mass is 32.2. The Morgan fingerprint density at radius 3 is 2.71 bits per heavy atom. The molecule has 8 heteroatoms. The first kappa shape index (κ1) is 20.5. The van der Waals surface area contributed by atoms with Crippen molar-refractivity contribution in [1.29, 1.82) is 0 Å². The molecule has 0 unspecified atom stereocenters. The van der Waals surface area contributed by atoms with Crippen molar-refractivity contribution in [2.75, 3.05) is 11.3 Å². The van der Waals surface area contributed by atoms with E-state index in [9.17, 15) is 13.2 Å². The predicted molar refractivity (Wildman–Crippen MR) is 112 cm³/mol. The van der Waals surface area contributed by atoms with E-state index in [1.807, 2.05) is 6.92 Å². The largest absolute Gasteiger partial charge is 0.355 e. The van der Waals surface area contributed by atoms with Gasteiger partial charge in [-0.05, 0) is 51.2 Å². The van der Waals surface area contributed by atoms with E-state index in [1.54, 1.807) is 29.6 Å². The second kappa shape index (κ2) is 9.34. The van der Waals surface area contributed by atoms with Gasteiger partial charge in [-0.2, -0.15) is 0 Å². The number of hydrogen-bond donors (Lipinski definition) is 2.